The van der Waals surface area contributed by atoms with Crippen molar-refractivity contribution in [3.05, 3.63) is 52.2 Å². The molecule has 4 nitrogen and oxygen atoms in total. The number of benzene rings is 1. The zero-order valence-corrected chi connectivity index (χ0v) is 11.6. The second-order valence-electron chi connectivity index (χ2n) is 3.93. The molecule has 0 bridgehead atoms. The third-order valence-electron chi connectivity index (χ3n) is 2.50. The van der Waals surface area contributed by atoms with Gasteiger partial charge in [0.05, 0.1) is 9.77 Å². The topological polar surface area (TPSA) is 68.3 Å². The molecule has 0 N–H and O–H groups in total. The molecule has 19 heavy (non-hydrogen) atoms. The molecule has 0 spiro atoms. The predicted molar refractivity (Wildman–Crippen MR) is 72.5 cm³/mol. The molecule has 0 aliphatic rings. The molecule has 0 saturated heterocycles. The molecule has 1 heterocycles. The van der Waals surface area contributed by atoms with Crippen molar-refractivity contribution in [2.24, 2.45) is 0 Å². The average molecular weight is 294 g/mol. The number of sulfone groups is 1. The van der Waals surface area contributed by atoms with Gasteiger partial charge < -0.3 is 0 Å². The average Bonchev–Trinajstić information content (AvgIpc) is 2.90. The molecule has 0 aliphatic carbocycles. The highest BCUT2D eigenvalue weighted by Gasteiger charge is 2.19. The summed E-state index contributed by atoms with van der Waals surface area (Å²) in [7, 11) is -3.30. The van der Waals surface area contributed by atoms with Crippen LogP contribution >= 0.6 is 11.3 Å². The van der Waals surface area contributed by atoms with Gasteiger partial charge in [-0.3, -0.25) is 9.59 Å². The summed E-state index contributed by atoms with van der Waals surface area (Å²) < 4.78 is 22.6. The quantitative estimate of drug-likeness (QED) is 0.640. The van der Waals surface area contributed by atoms with Crippen molar-refractivity contribution in [2.75, 3.05) is 6.26 Å². The van der Waals surface area contributed by atoms with Gasteiger partial charge in [0.25, 0.3) is 0 Å². The summed E-state index contributed by atoms with van der Waals surface area (Å²) in [6.45, 7) is 0. The maximum Gasteiger partial charge on any atom is 0.243 e. The number of carbonyl (C=O) groups excluding carboxylic acids is 2. The smallest absolute Gasteiger partial charge is 0.243 e. The summed E-state index contributed by atoms with van der Waals surface area (Å²) in [5.41, 5.74) is 0.186. The summed E-state index contributed by atoms with van der Waals surface area (Å²) in [5, 5.41) is 1.72. The highest BCUT2D eigenvalue weighted by Crippen LogP contribution is 2.15. The Bertz CT molecular complexity index is 711. The zero-order valence-electron chi connectivity index (χ0n) is 9.99. The first-order chi connectivity index (χ1) is 8.89. The fourth-order valence-electron chi connectivity index (χ4n) is 1.50. The fourth-order valence-corrected chi connectivity index (χ4v) is 2.80. The Balaban J connectivity index is 2.28. The van der Waals surface area contributed by atoms with Gasteiger partial charge in [0.15, 0.2) is 9.84 Å². The summed E-state index contributed by atoms with van der Waals surface area (Å²) in [4.78, 5) is 24.2. The zero-order chi connectivity index (χ0) is 14.0. The van der Waals surface area contributed by atoms with E-state index >= 15 is 0 Å². The number of carbonyl (C=O) groups is 2. The Kier molecular flexibility index (Phi) is 3.64. The summed E-state index contributed by atoms with van der Waals surface area (Å²) in [6.07, 6.45) is 1.08. The van der Waals surface area contributed by atoms with E-state index in [-0.39, 0.29) is 10.5 Å². The van der Waals surface area contributed by atoms with E-state index in [0.29, 0.717) is 4.88 Å². The highest BCUT2D eigenvalue weighted by atomic mass is 32.2. The standard InChI is InChI=1S/C13H10O4S2/c1-19(16,17)10-6-4-9(5-7-10)12(14)13(15)11-3-2-8-18-11/h2-8H,1H3. The second-order valence-corrected chi connectivity index (χ2v) is 6.90. The minimum Gasteiger partial charge on any atom is -0.285 e. The Morgan fingerprint density at radius 2 is 1.63 bits per heavy atom. The summed E-state index contributed by atoms with van der Waals surface area (Å²) in [5.74, 6) is -1.22. The molecule has 0 saturated carbocycles. The molecule has 0 aliphatic heterocycles. The number of ketones is 2. The largest absolute Gasteiger partial charge is 0.285 e. The lowest BCUT2D eigenvalue weighted by Gasteiger charge is -2.01. The van der Waals surface area contributed by atoms with E-state index in [1.54, 1.807) is 17.5 Å². The van der Waals surface area contributed by atoms with E-state index in [4.69, 9.17) is 0 Å². The number of hydrogen-bond donors (Lipinski definition) is 0. The molecule has 6 heteroatoms. The van der Waals surface area contributed by atoms with Gasteiger partial charge in [0.1, 0.15) is 0 Å². The van der Waals surface area contributed by atoms with Crippen molar-refractivity contribution in [1.29, 1.82) is 0 Å². The SMILES string of the molecule is CS(=O)(=O)c1ccc(C(=O)C(=O)c2cccs2)cc1. The Morgan fingerprint density at radius 1 is 1.00 bits per heavy atom. The predicted octanol–water partition coefficient (Wildman–Crippen LogP) is 2.22. The van der Waals surface area contributed by atoms with E-state index in [1.165, 1.54) is 35.6 Å². The van der Waals surface area contributed by atoms with Crippen molar-refractivity contribution >= 4 is 32.7 Å². The van der Waals surface area contributed by atoms with Gasteiger partial charge in [-0.05, 0) is 35.7 Å². The van der Waals surface area contributed by atoms with Crippen LogP contribution in [0.1, 0.15) is 20.0 Å². The van der Waals surface area contributed by atoms with Crippen LogP contribution in [-0.2, 0) is 9.84 Å². The lowest BCUT2D eigenvalue weighted by atomic mass is 10.1. The molecule has 98 valence electrons. The first-order valence-corrected chi connectivity index (χ1v) is 8.09. The molecular weight excluding hydrogens is 284 g/mol. The van der Waals surface area contributed by atoms with Crippen LogP contribution in [0.5, 0.6) is 0 Å². The second kappa shape index (κ2) is 5.07. The van der Waals surface area contributed by atoms with Gasteiger partial charge in [-0.1, -0.05) is 6.07 Å². The van der Waals surface area contributed by atoms with Gasteiger partial charge in [0.2, 0.25) is 11.6 Å². The lowest BCUT2D eigenvalue weighted by molar-refractivity contribution is 0.0819. The number of thiophene rings is 1. The minimum absolute atomic E-state index is 0.118. The van der Waals surface area contributed by atoms with Crippen LogP contribution in [0.25, 0.3) is 0 Å². The number of Topliss-reactive ketones (excluding diaryl/α,β-unsaturated/α-hetero) is 2. The van der Waals surface area contributed by atoms with E-state index in [2.05, 4.69) is 0 Å². The normalized spacial score (nSPS) is 11.2. The first kappa shape index (κ1) is 13.6. The maximum absolute atomic E-state index is 11.9. The Labute approximate surface area is 114 Å². The number of hydrogen-bond acceptors (Lipinski definition) is 5. The molecule has 0 amide bonds. The monoisotopic (exact) mass is 294 g/mol. The van der Waals surface area contributed by atoms with Crippen molar-refractivity contribution in [1.82, 2.24) is 0 Å². The lowest BCUT2D eigenvalue weighted by Crippen LogP contribution is -2.13. The van der Waals surface area contributed by atoms with Crippen LogP contribution < -0.4 is 0 Å². The minimum atomic E-state index is -3.30. The van der Waals surface area contributed by atoms with Crippen LogP contribution in [-0.4, -0.2) is 26.2 Å². The number of rotatable bonds is 4. The van der Waals surface area contributed by atoms with Gasteiger partial charge >= 0.3 is 0 Å². The van der Waals surface area contributed by atoms with Gasteiger partial charge in [-0.2, -0.15) is 0 Å². The van der Waals surface area contributed by atoms with Crippen molar-refractivity contribution in [3.8, 4) is 0 Å². The molecule has 1 aromatic heterocycles. The molecule has 0 fully saturated rings. The molecule has 0 atom stereocenters. The third kappa shape index (κ3) is 2.97. The molecule has 1 aromatic carbocycles. The van der Waals surface area contributed by atoms with E-state index < -0.39 is 21.4 Å². The van der Waals surface area contributed by atoms with Gasteiger partial charge in [0, 0.05) is 11.8 Å². The maximum atomic E-state index is 11.9. The van der Waals surface area contributed by atoms with E-state index in [0.717, 1.165) is 6.26 Å². The molecular formula is C13H10O4S2. The molecule has 2 aromatic rings. The van der Waals surface area contributed by atoms with Crippen LogP contribution in [0.2, 0.25) is 0 Å². The van der Waals surface area contributed by atoms with Crippen LogP contribution in [0, 0.1) is 0 Å². The van der Waals surface area contributed by atoms with E-state index in [1.807, 2.05) is 0 Å². The third-order valence-corrected chi connectivity index (χ3v) is 4.49. The molecule has 0 unspecified atom stereocenters. The fraction of sp³-hybridized carbons (Fsp3) is 0.0769. The van der Waals surface area contributed by atoms with Crippen LogP contribution in [0.15, 0.2) is 46.7 Å². The van der Waals surface area contributed by atoms with E-state index in [9.17, 15) is 18.0 Å². The molecule has 2 rings (SSSR count). The Morgan fingerprint density at radius 3 is 2.11 bits per heavy atom. The summed E-state index contributed by atoms with van der Waals surface area (Å²) in [6, 6.07) is 8.62. The van der Waals surface area contributed by atoms with Gasteiger partial charge in [-0.25, -0.2) is 8.42 Å². The summed E-state index contributed by atoms with van der Waals surface area (Å²) >= 11 is 1.20. The van der Waals surface area contributed by atoms with Gasteiger partial charge in [-0.15, -0.1) is 11.3 Å². The highest BCUT2D eigenvalue weighted by molar-refractivity contribution is 7.90. The van der Waals surface area contributed by atoms with Crippen LogP contribution in [0.3, 0.4) is 0 Å². The van der Waals surface area contributed by atoms with Crippen molar-refractivity contribution < 1.29 is 18.0 Å². The Hall–Kier alpha value is -1.79. The van der Waals surface area contributed by atoms with Crippen molar-refractivity contribution in [2.45, 2.75) is 4.90 Å². The van der Waals surface area contributed by atoms with Crippen LogP contribution in [0.4, 0.5) is 0 Å². The molecule has 0 radical (unpaired) electrons. The van der Waals surface area contributed by atoms with Crippen molar-refractivity contribution in [3.63, 3.8) is 0 Å². The first-order valence-electron chi connectivity index (χ1n) is 5.32.